The van der Waals surface area contributed by atoms with Crippen molar-refractivity contribution in [2.75, 3.05) is 0 Å². The van der Waals surface area contributed by atoms with E-state index in [4.69, 9.17) is 16.7 Å². The molecule has 1 aromatic heterocycles. The largest absolute Gasteiger partial charge is 0.481 e. The van der Waals surface area contributed by atoms with Gasteiger partial charge in [0.15, 0.2) is 0 Å². The fourth-order valence-electron chi connectivity index (χ4n) is 1.42. The molecule has 0 aliphatic rings. The Morgan fingerprint density at radius 2 is 2.00 bits per heavy atom. The highest BCUT2D eigenvalue weighted by atomic mass is 35.5. The minimum atomic E-state index is -1.19. The highest BCUT2D eigenvalue weighted by molar-refractivity contribution is 6.31. The van der Waals surface area contributed by atoms with Crippen molar-refractivity contribution >= 4 is 17.6 Å². The summed E-state index contributed by atoms with van der Waals surface area (Å²) in [6.07, 6.45) is 0. The molecule has 1 N–H and O–H groups in total. The van der Waals surface area contributed by atoms with E-state index in [1.54, 1.807) is 0 Å². The SMILES string of the molecule is Cn1c(C(C)(C)C(=O)O)c(Cl)ccc1=O. The maximum absolute atomic E-state index is 11.4. The number of aliphatic carboxylic acids is 1. The molecule has 4 nitrogen and oxygen atoms in total. The molecule has 0 spiro atoms. The molecule has 15 heavy (non-hydrogen) atoms. The lowest BCUT2D eigenvalue weighted by Crippen LogP contribution is -2.35. The Morgan fingerprint density at radius 1 is 1.47 bits per heavy atom. The first kappa shape index (κ1) is 11.8. The summed E-state index contributed by atoms with van der Waals surface area (Å²) in [5, 5.41) is 9.34. The number of hydrogen-bond donors (Lipinski definition) is 1. The second-order valence-electron chi connectivity index (χ2n) is 3.86. The van der Waals surface area contributed by atoms with Gasteiger partial charge in [0.1, 0.15) is 5.41 Å². The number of carboxylic acids is 1. The molecule has 0 aliphatic heterocycles. The lowest BCUT2D eigenvalue weighted by Gasteiger charge is -2.23. The Labute approximate surface area is 92.1 Å². The van der Waals surface area contributed by atoms with E-state index in [9.17, 15) is 9.59 Å². The number of hydrogen-bond acceptors (Lipinski definition) is 2. The molecule has 1 heterocycles. The number of pyridine rings is 1. The molecule has 0 radical (unpaired) electrons. The minimum absolute atomic E-state index is 0.274. The summed E-state index contributed by atoms with van der Waals surface area (Å²) in [6.45, 7) is 3.02. The first-order chi connectivity index (χ1) is 6.78. The van der Waals surface area contributed by atoms with Gasteiger partial charge in [0.2, 0.25) is 0 Å². The molecule has 0 amide bonds. The summed E-state index contributed by atoms with van der Waals surface area (Å²) in [4.78, 5) is 22.4. The number of carbonyl (C=O) groups is 1. The van der Waals surface area contributed by atoms with E-state index in [2.05, 4.69) is 0 Å². The molecule has 0 fully saturated rings. The maximum Gasteiger partial charge on any atom is 0.315 e. The van der Waals surface area contributed by atoms with Gasteiger partial charge in [-0.1, -0.05) is 11.6 Å². The summed E-state index contributed by atoms with van der Waals surface area (Å²) in [7, 11) is 1.51. The fraction of sp³-hybridized carbons (Fsp3) is 0.400. The van der Waals surface area contributed by atoms with Crippen LogP contribution in [0, 0.1) is 0 Å². The zero-order chi connectivity index (χ0) is 11.8. The van der Waals surface area contributed by atoms with Crippen LogP contribution >= 0.6 is 11.6 Å². The highest BCUT2D eigenvalue weighted by Crippen LogP contribution is 2.28. The van der Waals surface area contributed by atoms with Crippen LogP contribution in [0.1, 0.15) is 19.5 Å². The Morgan fingerprint density at radius 3 is 2.47 bits per heavy atom. The second-order valence-corrected chi connectivity index (χ2v) is 4.26. The molecule has 82 valence electrons. The first-order valence-electron chi connectivity index (χ1n) is 4.38. The highest BCUT2D eigenvalue weighted by Gasteiger charge is 2.34. The Hall–Kier alpha value is -1.29. The molecule has 0 saturated carbocycles. The number of rotatable bonds is 2. The summed E-state index contributed by atoms with van der Waals surface area (Å²) in [5.74, 6) is -1.02. The summed E-state index contributed by atoms with van der Waals surface area (Å²) in [6, 6.07) is 2.73. The van der Waals surface area contributed by atoms with Crippen molar-refractivity contribution in [2.24, 2.45) is 7.05 Å². The summed E-state index contributed by atoms with van der Waals surface area (Å²) < 4.78 is 1.26. The summed E-state index contributed by atoms with van der Waals surface area (Å²) >= 11 is 5.91. The zero-order valence-corrected chi connectivity index (χ0v) is 9.50. The maximum atomic E-state index is 11.4. The van der Waals surface area contributed by atoms with Gasteiger partial charge in [0.25, 0.3) is 5.56 Å². The van der Waals surface area contributed by atoms with Gasteiger partial charge < -0.3 is 9.67 Å². The third-order valence-corrected chi connectivity index (χ3v) is 2.70. The monoisotopic (exact) mass is 229 g/mol. The van der Waals surface area contributed by atoms with Gasteiger partial charge >= 0.3 is 5.97 Å². The quantitative estimate of drug-likeness (QED) is 0.834. The van der Waals surface area contributed by atoms with Crippen molar-refractivity contribution in [3.8, 4) is 0 Å². The molecule has 0 bridgehead atoms. The lowest BCUT2D eigenvalue weighted by atomic mass is 9.88. The van der Waals surface area contributed by atoms with Crippen molar-refractivity contribution < 1.29 is 9.90 Å². The summed E-state index contributed by atoms with van der Waals surface area (Å²) in [5.41, 5.74) is -1.15. The van der Waals surface area contributed by atoms with Gasteiger partial charge in [0, 0.05) is 13.1 Å². The smallest absolute Gasteiger partial charge is 0.315 e. The van der Waals surface area contributed by atoms with E-state index >= 15 is 0 Å². The van der Waals surface area contributed by atoms with E-state index in [1.165, 1.54) is 37.6 Å². The minimum Gasteiger partial charge on any atom is -0.481 e. The Bertz CT molecular complexity index is 462. The van der Waals surface area contributed by atoms with Gasteiger partial charge in [-0.05, 0) is 19.9 Å². The molecule has 0 atom stereocenters. The molecule has 0 unspecified atom stereocenters. The van der Waals surface area contributed by atoms with E-state index < -0.39 is 11.4 Å². The molecule has 0 saturated heterocycles. The third-order valence-electron chi connectivity index (χ3n) is 2.39. The average Bonchev–Trinajstić information content (AvgIpc) is 2.11. The normalized spacial score (nSPS) is 11.5. The van der Waals surface area contributed by atoms with Gasteiger partial charge in [0.05, 0.1) is 10.7 Å². The van der Waals surface area contributed by atoms with Crippen molar-refractivity contribution in [3.05, 3.63) is 33.2 Å². The van der Waals surface area contributed by atoms with E-state index in [0.717, 1.165) is 0 Å². The van der Waals surface area contributed by atoms with Gasteiger partial charge in [-0.2, -0.15) is 0 Å². The van der Waals surface area contributed by atoms with Crippen molar-refractivity contribution in [1.82, 2.24) is 4.57 Å². The van der Waals surface area contributed by atoms with Crippen LogP contribution in [0.25, 0.3) is 0 Å². The van der Waals surface area contributed by atoms with E-state index in [1.807, 2.05) is 0 Å². The average molecular weight is 230 g/mol. The van der Waals surface area contributed by atoms with Crippen LogP contribution in [-0.4, -0.2) is 15.6 Å². The molecule has 5 heteroatoms. The van der Waals surface area contributed by atoms with Crippen LogP contribution in [0.2, 0.25) is 5.02 Å². The van der Waals surface area contributed by atoms with Crippen molar-refractivity contribution in [1.29, 1.82) is 0 Å². The predicted molar refractivity (Wildman–Crippen MR) is 57.4 cm³/mol. The number of nitrogens with zero attached hydrogens (tertiary/aromatic N) is 1. The van der Waals surface area contributed by atoms with Gasteiger partial charge in [-0.3, -0.25) is 9.59 Å². The van der Waals surface area contributed by atoms with Crippen LogP contribution in [0.15, 0.2) is 16.9 Å². The van der Waals surface area contributed by atoms with Crippen LogP contribution < -0.4 is 5.56 Å². The van der Waals surface area contributed by atoms with E-state index in [0.29, 0.717) is 5.69 Å². The standard InChI is InChI=1S/C10H12ClNO3/c1-10(2,9(14)15)8-6(11)4-5-7(13)12(8)3/h4-5H,1-3H3,(H,14,15). The molecule has 1 aromatic rings. The third kappa shape index (κ3) is 1.90. The van der Waals surface area contributed by atoms with E-state index in [-0.39, 0.29) is 10.6 Å². The molecule has 0 aromatic carbocycles. The Kier molecular flexibility index (Phi) is 2.90. The second kappa shape index (κ2) is 3.70. The number of halogens is 1. The zero-order valence-electron chi connectivity index (χ0n) is 8.74. The predicted octanol–water partition coefficient (Wildman–Crippen LogP) is 1.40. The van der Waals surface area contributed by atoms with Gasteiger partial charge in [-0.25, -0.2) is 0 Å². The Balaban J connectivity index is 3.57. The molecule has 1 rings (SSSR count). The van der Waals surface area contributed by atoms with Crippen LogP contribution in [-0.2, 0) is 17.3 Å². The number of carboxylic acid groups (broad SMARTS) is 1. The molecular formula is C10H12ClNO3. The molecule has 0 aliphatic carbocycles. The topological polar surface area (TPSA) is 59.3 Å². The first-order valence-corrected chi connectivity index (χ1v) is 4.75. The van der Waals surface area contributed by atoms with Crippen molar-refractivity contribution in [2.45, 2.75) is 19.3 Å². The number of aromatic nitrogens is 1. The fourth-order valence-corrected chi connectivity index (χ4v) is 1.85. The lowest BCUT2D eigenvalue weighted by molar-refractivity contribution is -0.142. The van der Waals surface area contributed by atoms with Crippen LogP contribution in [0.3, 0.4) is 0 Å². The molecular weight excluding hydrogens is 218 g/mol. The van der Waals surface area contributed by atoms with Crippen molar-refractivity contribution in [3.63, 3.8) is 0 Å². The van der Waals surface area contributed by atoms with Gasteiger partial charge in [-0.15, -0.1) is 0 Å². The van der Waals surface area contributed by atoms with Crippen LogP contribution in [0.4, 0.5) is 0 Å². The van der Waals surface area contributed by atoms with Crippen LogP contribution in [0.5, 0.6) is 0 Å².